The van der Waals surface area contributed by atoms with Crippen LogP contribution >= 0.6 is 0 Å². The molecule has 0 radical (unpaired) electrons. The highest BCUT2D eigenvalue weighted by Gasteiger charge is 2.15. The molecule has 0 saturated heterocycles. The SMILES string of the molecule is CC(=O)Oc1ccc(C(=O)c2ccccc2)cc1C(C)=O. The van der Waals surface area contributed by atoms with Crippen molar-refractivity contribution in [3.05, 3.63) is 65.2 Å². The first-order valence-corrected chi connectivity index (χ1v) is 6.42. The fourth-order valence-corrected chi connectivity index (χ4v) is 1.95. The Kier molecular flexibility index (Phi) is 4.28. The van der Waals surface area contributed by atoms with Crippen LogP contribution in [0, 0.1) is 0 Å². The normalized spacial score (nSPS) is 10.0. The van der Waals surface area contributed by atoms with Gasteiger partial charge in [0.05, 0.1) is 5.56 Å². The Morgan fingerprint density at radius 3 is 2.10 bits per heavy atom. The van der Waals surface area contributed by atoms with Crippen LogP contribution in [0.25, 0.3) is 0 Å². The van der Waals surface area contributed by atoms with Crippen molar-refractivity contribution in [2.24, 2.45) is 0 Å². The van der Waals surface area contributed by atoms with E-state index in [0.29, 0.717) is 11.1 Å². The van der Waals surface area contributed by atoms with Crippen LogP contribution in [0.5, 0.6) is 5.75 Å². The summed E-state index contributed by atoms with van der Waals surface area (Å²) in [5.74, 6) is -0.805. The van der Waals surface area contributed by atoms with Crippen LogP contribution in [0.2, 0.25) is 0 Å². The molecule has 0 aliphatic carbocycles. The zero-order valence-corrected chi connectivity index (χ0v) is 11.8. The maximum atomic E-state index is 12.3. The van der Waals surface area contributed by atoms with E-state index in [9.17, 15) is 14.4 Å². The molecule has 106 valence electrons. The summed E-state index contributed by atoms with van der Waals surface area (Å²) in [7, 11) is 0. The maximum Gasteiger partial charge on any atom is 0.308 e. The number of rotatable bonds is 4. The van der Waals surface area contributed by atoms with Gasteiger partial charge in [0, 0.05) is 18.1 Å². The fraction of sp³-hybridized carbons (Fsp3) is 0.118. The molecular weight excluding hydrogens is 268 g/mol. The predicted molar refractivity (Wildman–Crippen MR) is 77.6 cm³/mol. The fourth-order valence-electron chi connectivity index (χ4n) is 1.95. The number of benzene rings is 2. The minimum Gasteiger partial charge on any atom is -0.426 e. The summed E-state index contributed by atoms with van der Waals surface area (Å²) in [6, 6.07) is 13.2. The number of carbonyl (C=O) groups is 3. The molecule has 0 aromatic heterocycles. The number of esters is 1. The third kappa shape index (κ3) is 3.42. The highest BCUT2D eigenvalue weighted by molar-refractivity contribution is 6.10. The molecule has 0 aliphatic heterocycles. The Morgan fingerprint density at radius 2 is 1.52 bits per heavy atom. The van der Waals surface area contributed by atoms with E-state index < -0.39 is 5.97 Å². The van der Waals surface area contributed by atoms with Crippen molar-refractivity contribution < 1.29 is 19.1 Å². The zero-order chi connectivity index (χ0) is 15.4. The third-order valence-electron chi connectivity index (χ3n) is 2.91. The lowest BCUT2D eigenvalue weighted by molar-refractivity contribution is -0.131. The molecule has 0 N–H and O–H groups in total. The lowest BCUT2D eigenvalue weighted by Gasteiger charge is -2.08. The van der Waals surface area contributed by atoms with Crippen molar-refractivity contribution in [2.45, 2.75) is 13.8 Å². The van der Waals surface area contributed by atoms with Crippen molar-refractivity contribution >= 4 is 17.5 Å². The van der Waals surface area contributed by atoms with Crippen molar-refractivity contribution in [1.82, 2.24) is 0 Å². The zero-order valence-electron chi connectivity index (χ0n) is 11.8. The van der Waals surface area contributed by atoms with Gasteiger partial charge in [-0.05, 0) is 25.1 Å². The molecule has 2 aromatic rings. The molecule has 0 spiro atoms. The molecule has 0 amide bonds. The average Bonchev–Trinajstić information content (AvgIpc) is 2.47. The van der Waals surface area contributed by atoms with Gasteiger partial charge in [-0.2, -0.15) is 0 Å². The summed E-state index contributed by atoms with van der Waals surface area (Å²) in [5.41, 5.74) is 1.13. The van der Waals surface area contributed by atoms with Crippen LogP contribution in [-0.2, 0) is 4.79 Å². The first kappa shape index (κ1) is 14.7. The first-order valence-electron chi connectivity index (χ1n) is 6.42. The molecular formula is C17H14O4. The van der Waals surface area contributed by atoms with Crippen molar-refractivity contribution in [3.63, 3.8) is 0 Å². The molecule has 21 heavy (non-hydrogen) atoms. The summed E-state index contributed by atoms with van der Waals surface area (Å²) in [6.07, 6.45) is 0. The van der Waals surface area contributed by atoms with E-state index in [-0.39, 0.29) is 22.9 Å². The van der Waals surface area contributed by atoms with E-state index in [1.807, 2.05) is 6.07 Å². The lowest BCUT2D eigenvalue weighted by atomic mass is 9.99. The Bertz CT molecular complexity index is 702. The number of ketones is 2. The first-order chi connectivity index (χ1) is 9.99. The standard InChI is InChI=1S/C17H14O4/c1-11(18)15-10-14(8-9-16(15)21-12(2)19)17(20)13-6-4-3-5-7-13/h3-10H,1-2H3. The molecule has 0 atom stereocenters. The van der Waals surface area contributed by atoms with Crippen molar-refractivity contribution in [3.8, 4) is 5.75 Å². The highest BCUT2D eigenvalue weighted by Crippen LogP contribution is 2.22. The van der Waals surface area contributed by atoms with Gasteiger partial charge < -0.3 is 4.74 Å². The second kappa shape index (κ2) is 6.13. The van der Waals surface area contributed by atoms with Crippen molar-refractivity contribution in [2.75, 3.05) is 0 Å². The molecule has 4 nitrogen and oxygen atoms in total. The van der Waals surface area contributed by atoms with Crippen LogP contribution in [0.15, 0.2) is 48.5 Å². The summed E-state index contributed by atoms with van der Waals surface area (Å²) >= 11 is 0. The van der Waals surface area contributed by atoms with Gasteiger partial charge in [0.1, 0.15) is 5.75 Å². The second-order valence-electron chi connectivity index (χ2n) is 4.56. The Morgan fingerprint density at radius 1 is 0.857 bits per heavy atom. The summed E-state index contributed by atoms with van der Waals surface area (Å²) in [5, 5.41) is 0. The monoisotopic (exact) mass is 282 g/mol. The molecule has 4 heteroatoms. The average molecular weight is 282 g/mol. The van der Waals surface area contributed by atoms with Crippen LogP contribution in [-0.4, -0.2) is 17.5 Å². The molecule has 0 bridgehead atoms. The number of hydrogen-bond acceptors (Lipinski definition) is 4. The molecule has 0 saturated carbocycles. The van der Waals surface area contributed by atoms with E-state index in [4.69, 9.17) is 4.74 Å². The van der Waals surface area contributed by atoms with E-state index in [1.54, 1.807) is 30.3 Å². The van der Waals surface area contributed by atoms with Gasteiger partial charge in [-0.3, -0.25) is 14.4 Å². The summed E-state index contributed by atoms with van der Waals surface area (Å²) < 4.78 is 4.98. The van der Waals surface area contributed by atoms with Gasteiger partial charge >= 0.3 is 5.97 Å². The van der Waals surface area contributed by atoms with Crippen molar-refractivity contribution in [1.29, 1.82) is 0 Å². The van der Waals surface area contributed by atoms with Gasteiger partial charge in [0.25, 0.3) is 0 Å². The Balaban J connectivity index is 2.43. The Hall–Kier alpha value is -2.75. The summed E-state index contributed by atoms with van der Waals surface area (Å²) in [4.78, 5) is 35.0. The molecule has 0 unspecified atom stereocenters. The minimum absolute atomic E-state index is 0.166. The topological polar surface area (TPSA) is 60.4 Å². The quantitative estimate of drug-likeness (QED) is 0.491. The molecule has 0 heterocycles. The van der Waals surface area contributed by atoms with Gasteiger partial charge in [-0.25, -0.2) is 0 Å². The molecule has 2 rings (SSSR count). The van der Waals surface area contributed by atoms with Gasteiger partial charge in [0.15, 0.2) is 11.6 Å². The smallest absolute Gasteiger partial charge is 0.308 e. The highest BCUT2D eigenvalue weighted by atomic mass is 16.5. The summed E-state index contributed by atoms with van der Waals surface area (Å²) in [6.45, 7) is 2.62. The van der Waals surface area contributed by atoms with E-state index >= 15 is 0 Å². The molecule has 2 aromatic carbocycles. The van der Waals surface area contributed by atoms with Crippen LogP contribution in [0.1, 0.15) is 40.1 Å². The lowest BCUT2D eigenvalue weighted by Crippen LogP contribution is -2.08. The van der Waals surface area contributed by atoms with Gasteiger partial charge in [0.2, 0.25) is 0 Å². The largest absolute Gasteiger partial charge is 0.426 e. The van der Waals surface area contributed by atoms with Crippen LogP contribution < -0.4 is 4.74 Å². The third-order valence-corrected chi connectivity index (χ3v) is 2.91. The van der Waals surface area contributed by atoms with Crippen LogP contribution in [0.3, 0.4) is 0 Å². The van der Waals surface area contributed by atoms with E-state index in [1.165, 1.54) is 26.0 Å². The second-order valence-corrected chi connectivity index (χ2v) is 4.56. The van der Waals surface area contributed by atoms with E-state index in [0.717, 1.165) is 0 Å². The number of hydrogen-bond donors (Lipinski definition) is 0. The van der Waals surface area contributed by atoms with Crippen LogP contribution in [0.4, 0.5) is 0 Å². The number of carbonyl (C=O) groups excluding carboxylic acids is 3. The van der Waals surface area contributed by atoms with Gasteiger partial charge in [-0.1, -0.05) is 30.3 Å². The maximum absolute atomic E-state index is 12.3. The molecule has 0 fully saturated rings. The number of Topliss-reactive ketones (excluding diaryl/α,β-unsaturated/α-hetero) is 1. The molecule has 0 aliphatic rings. The predicted octanol–water partition coefficient (Wildman–Crippen LogP) is 3.05. The number of ether oxygens (including phenoxy) is 1. The van der Waals surface area contributed by atoms with E-state index in [2.05, 4.69) is 0 Å². The van der Waals surface area contributed by atoms with Gasteiger partial charge in [-0.15, -0.1) is 0 Å². The Labute approximate surface area is 122 Å². The minimum atomic E-state index is -0.514.